The van der Waals surface area contributed by atoms with Crippen molar-refractivity contribution in [1.29, 1.82) is 0 Å². The third kappa shape index (κ3) is 3.98. The fourth-order valence-corrected chi connectivity index (χ4v) is 2.58. The van der Waals surface area contributed by atoms with E-state index in [1.807, 2.05) is 0 Å². The van der Waals surface area contributed by atoms with Gasteiger partial charge in [0, 0.05) is 6.42 Å². The third-order valence-electron chi connectivity index (χ3n) is 3.84. The molecule has 1 atom stereocenters. The van der Waals surface area contributed by atoms with Gasteiger partial charge in [-0.1, -0.05) is 6.07 Å². The Hall–Kier alpha value is -2.84. The topological polar surface area (TPSA) is 76.0 Å². The Kier molecular flexibility index (Phi) is 4.47. The van der Waals surface area contributed by atoms with Gasteiger partial charge in [-0.25, -0.2) is 4.68 Å². The Morgan fingerprint density at radius 3 is 2.88 bits per heavy atom. The van der Waals surface area contributed by atoms with Gasteiger partial charge in [0.15, 0.2) is 0 Å². The van der Waals surface area contributed by atoms with Crippen LogP contribution in [0.15, 0.2) is 36.7 Å². The highest BCUT2D eigenvalue weighted by atomic mass is 19.4. The van der Waals surface area contributed by atoms with Gasteiger partial charge in [-0.15, -0.1) is 0 Å². The number of aromatic nitrogens is 2. The molecule has 25 heavy (non-hydrogen) atoms. The summed E-state index contributed by atoms with van der Waals surface area (Å²) in [7, 11) is 0. The molecule has 3 rings (SSSR count). The summed E-state index contributed by atoms with van der Waals surface area (Å²) in [5.41, 5.74) is -0.223. The zero-order valence-corrected chi connectivity index (χ0v) is 13.0. The summed E-state index contributed by atoms with van der Waals surface area (Å²) >= 11 is 0. The number of rotatable bonds is 3. The molecule has 1 aliphatic rings. The second kappa shape index (κ2) is 6.58. The number of benzene rings is 1. The number of amides is 2. The first kappa shape index (κ1) is 17.0. The van der Waals surface area contributed by atoms with Crippen LogP contribution in [0.4, 0.5) is 18.9 Å². The molecule has 1 aromatic carbocycles. The lowest BCUT2D eigenvalue weighted by molar-refractivity contribution is -0.137. The standard InChI is InChI=1S/C16H15F3N4O2/c17-16(18,19)10-3-1-4-12(7-10)23-9-11(8-20-23)21-15(25)13-5-2-6-14(24)22-13/h1,3-4,7-9,13H,2,5-6H2,(H,21,25)(H,22,24)/t13-/m1/s1. The second-order valence-corrected chi connectivity index (χ2v) is 5.72. The number of carbonyl (C=O) groups excluding carboxylic acids is 2. The minimum Gasteiger partial charge on any atom is -0.344 e. The highest BCUT2D eigenvalue weighted by Gasteiger charge is 2.30. The number of alkyl halides is 3. The summed E-state index contributed by atoms with van der Waals surface area (Å²) in [5, 5.41) is 9.17. The monoisotopic (exact) mass is 352 g/mol. The number of piperidine rings is 1. The van der Waals surface area contributed by atoms with Gasteiger partial charge in [0.25, 0.3) is 0 Å². The van der Waals surface area contributed by atoms with E-state index in [0.717, 1.165) is 12.1 Å². The molecule has 0 aliphatic carbocycles. The van der Waals surface area contributed by atoms with Crippen molar-refractivity contribution in [2.75, 3.05) is 5.32 Å². The number of anilines is 1. The zero-order chi connectivity index (χ0) is 18.0. The predicted octanol–water partition coefficient (Wildman–Crippen LogP) is 2.50. The molecule has 0 spiro atoms. The molecule has 0 bridgehead atoms. The van der Waals surface area contributed by atoms with Gasteiger partial charge < -0.3 is 10.6 Å². The Labute approximate surface area is 141 Å². The first-order valence-corrected chi connectivity index (χ1v) is 7.65. The molecule has 0 saturated carbocycles. The quantitative estimate of drug-likeness (QED) is 0.891. The maximum Gasteiger partial charge on any atom is 0.416 e. The van der Waals surface area contributed by atoms with Crippen molar-refractivity contribution in [3.63, 3.8) is 0 Å². The molecule has 9 heteroatoms. The number of hydrogen-bond donors (Lipinski definition) is 2. The van der Waals surface area contributed by atoms with Crippen LogP contribution in [-0.2, 0) is 15.8 Å². The molecular weight excluding hydrogens is 337 g/mol. The minimum absolute atomic E-state index is 0.175. The second-order valence-electron chi connectivity index (χ2n) is 5.72. The summed E-state index contributed by atoms with van der Waals surface area (Å²) in [6.45, 7) is 0. The molecule has 2 aromatic rings. The van der Waals surface area contributed by atoms with Crippen LogP contribution in [-0.4, -0.2) is 27.6 Å². The highest BCUT2D eigenvalue weighted by molar-refractivity contribution is 5.97. The third-order valence-corrected chi connectivity index (χ3v) is 3.84. The van der Waals surface area contributed by atoms with Crippen molar-refractivity contribution < 1.29 is 22.8 Å². The molecule has 0 unspecified atom stereocenters. The smallest absolute Gasteiger partial charge is 0.344 e. The van der Waals surface area contributed by atoms with E-state index in [1.165, 1.54) is 29.2 Å². The van der Waals surface area contributed by atoms with Crippen LogP contribution in [0.1, 0.15) is 24.8 Å². The van der Waals surface area contributed by atoms with Gasteiger partial charge in [-0.05, 0) is 31.0 Å². The van der Waals surface area contributed by atoms with Gasteiger partial charge in [0.1, 0.15) is 6.04 Å². The van der Waals surface area contributed by atoms with Gasteiger partial charge in [-0.3, -0.25) is 9.59 Å². The van der Waals surface area contributed by atoms with Crippen molar-refractivity contribution >= 4 is 17.5 Å². The highest BCUT2D eigenvalue weighted by Crippen LogP contribution is 2.30. The summed E-state index contributed by atoms with van der Waals surface area (Å²) in [6.07, 6.45) is -0.121. The van der Waals surface area contributed by atoms with Crippen LogP contribution in [0, 0.1) is 0 Å². The average Bonchev–Trinajstić information content (AvgIpc) is 3.03. The summed E-state index contributed by atoms with van der Waals surface area (Å²) in [5.74, 6) is -0.553. The van der Waals surface area contributed by atoms with Crippen LogP contribution >= 0.6 is 0 Å². The molecule has 1 saturated heterocycles. The minimum atomic E-state index is -4.45. The molecule has 132 valence electrons. The van der Waals surface area contributed by atoms with Crippen molar-refractivity contribution in [2.24, 2.45) is 0 Å². The van der Waals surface area contributed by atoms with E-state index in [2.05, 4.69) is 15.7 Å². The molecular formula is C16H15F3N4O2. The first-order chi connectivity index (χ1) is 11.8. The fourth-order valence-electron chi connectivity index (χ4n) is 2.58. The van der Waals surface area contributed by atoms with Gasteiger partial charge in [0.05, 0.1) is 29.3 Å². The zero-order valence-electron chi connectivity index (χ0n) is 13.0. The largest absolute Gasteiger partial charge is 0.416 e. The fraction of sp³-hybridized carbons (Fsp3) is 0.312. The molecule has 1 aliphatic heterocycles. The first-order valence-electron chi connectivity index (χ1n) is 7.65. The van der Waals surface area contributed by atoms with E-state index >= 15 is 0 Å². The van der Waals surface area contributed by atoms with Crippen molar-refractivity contribution in [1.82, 2.24) is 15.1 Å². The van der Waals surface area contributed by atoms with Crippen LogP contribution in [0.25, 0.3) is 5.69 Å². The SMILES string of the molecule is O=C1CCC[C@H](C(=O)Nc2cnn(-c3cccc(C(F)(F)F)c3)c2)N1. The van der Waals surface area contributed by atoms with Crippen LogP contribution in [0.3, 0.4) is 0 Å². The number of hydrogen-bond acceptors (Lipinski definition) is 3. The van der Waals surface area contributed by atoms with Gasteiger partial charge in [-0.2, -0.15) is 18.3 Å². The van der Waals surface area contributed by atoms with Crippen molar-refractivity contribution in [3.8, 4) is 5.69 Å². The number of nitrogens with zero attached hydrogens (tertiary/aromatic N) is 2. The predicted molar refractivity (Wildman–Crippen MR) is 83.0 cm³/mol. The van der Waals surface area contributed by atoms with E-state index in [9.17, 15) is 22.8 Å². The molecule has 6 nitrogen and oxygen atoms in total. The molecule has 0 radical (unpaired) electrons. The Morgan fingerprint density at radius 2 is 2.16 bits per heavy atom. The van der Waals surface area contributed by atoms with Gasteiger partial charge in [0.2, 0.25) is 11.8 Å². The van der Waals surface area contributed by atoms with E-state index in [-0.39, 0.29) is 17.5 Å². The molecule has 1 fully saturated rings. The van der Waals surface area contributed by atoms with Crippen molar-refractivity contribution in [3.05, 3.63) is 42.2 Å². The summed E-state index contributed by atoms with van der Waals surface area (Å²) in [4.78, 5) is 23.5. The molecule has 2 N–H and O–H groups in total. The Morgan fingerprint density at radius 1 is 1.36 bits per heavy atom. The van der Waals surface area contributed by atoms with Gasteiger partial charge >= 0.3 is 6.18 Å². The summed E-state index contributed by atoms with van der Waals surface area (Å²) in [6, 6.07) is 4.10. The normalized spacial score (nSPS) is 17.9. The number of halogens is 3. The summed E-state index contributed by atoms with van der Waals surface area (Å²) < 4.78 is 39.6. The lowest BCUT2D eigenvalue weighted by Crippen LogP contribution is -2.46. The lowest BCUT2D eigenvalue weighted by atomic mass is 10.0. The lowest BCUT2D eigenvalue weighted by Gasteiger charge is -2.21. The van der Waals surface area contributed by atoms with Crippen LogP contribution < -0.4 is 10.6 Å². The van der Waals surface area contributed by atoms with Crippen molar-refractivity contribution in [2.45, 2.75) is 31.5 Å². The van der Waals surface area contributed by atoms with E-state index in [4.69, 9.17) is 0 Å². The van der Waals surface area contributed by atoms with E-state index in [0.29, 0.717) is 24.9 Å². The van der Waals surface area contributed by atoms with E-state index < -0.39 is 17.8 Å². The average molecular weight is 352 g/mol. The molecule has 1 aromatic heterocycles. The number of carbonyl (C=O) groups is 2. The molecule has 2 amide bonds. The molecule has 2 heterocycles. The maximum absolute atomic E-state index is 12.8. The van der Waals surface area contributed by atoms with Crippen LogP contribution in [0.2, 0.25) is 0 Å². The van der Waals surface area contributed by atoms with E-state index in [1.54, 1.807) is 0 Å². The Bertz CT molecular complexity index is 801. The van der Waals surface area contributed by atoms with Crippen LogP contribution in [0.5, 0.6) is 0 Å². The maximum atomic E-state index is 12.8. The Balaban J connectivity index is 1.72. The number of nitrogens with one attached hydrogen (secondary N) is 2.